The summed E-state index contributed by atoms with van der Waals surface area (Å²) in [7, 11) is 0. The molecule has 0 bridgehead atoms. The van der Waals surface area contributed by atoms with E-state index < -0.39 is 5.97 Å². The van der Waals surface area contributed by atoms with Crippen LogP contribution in [0.15, 0.2) is 30.6 Å². The first-order chi connectivity index (χ1) is 6.61. The number of carboxylic acids is 1. The largest absolute Gasteiger partial charge is 0.487 e. The highest BCUT2D eigenvalue weighted by Crippen LogP contribution is 2.16. The zero-order valence-corrected chi connectivity index (χ0v) is 7.86. The molecule has 1 rings (SSSR count). The number of rotatable bonds is 4. The maximum Gasteiger partial charge on any atom is 0.339 e. The molecule has 0 amide bonds. The fourth-order valence-electron chi connectivity index (χ4n) is 0.873. The molecule has 14 heavy (non-hydrogen) atoms. The second-order valence-corrected chi connectivity index (χ2v) is 2.92. The van der Waals surface area contributed by atoms with Crippen LogP contribution in [0, 0.1) is 0 Å². The van der Waals surface area contributed by atoms with Crippen LogP contribution >= 0.6 is 0 Å². The zero-order valence-electron chi connectivity index (χ0n) is 7.86. The number of carboxylic acid groups (broad SMARTS) is 1. The van der Waals surface area contributed by atoms with Gasteiger partial charge in [-0.2, -0.15) is 0 Å². The minimum absolute atomic E-state index is 0.112. The number of nitrogens with zero attached hydrogens (tertiary/aromatic N) is 1. The van der Waals surface area contributed by atoms with Gasteiger partial charge in [0.2, 0.25) is 0 Å². The summed E-state index contributed by atoms with van der Waals surface area (Å²) >= 11 is 0. The van der Waals surface area contributed by atoms with Crippen LogP contribution in [-0.2, 0) is 0 Å². The van der Waals surface area contributed by atoms with E-state index in [4.69, 9.17) is 9.84 Å². The van der Waals surface area contributed by atoms with Gasteiger partial charge in [0.15, 0.2) is 5.75 Å². The third-order valence-electron chi connectivity index (χ3n) is 1.49. The van der Waals surface area contributed by atoms with Gasteiger partial charge in [0.25, 0.3) is 0 Å². The van der Waals surface area contributed by atoms with E-state index in [0.717, 1.165) is 5.57 Å². The molecule has 0 fully saturated rings. The molecular formula is C10H11NO3. The average Bonchev–Trinajstić information content (AvgIpc) is 2.15. The highest BCUT2D eigenvalue weighted by Gasteiger charge is 2.10. The first-order valence-corrected chi connectivity index (χ1v) is 4.05. The van der Waals surface area contributed by atoms with Crippen molar-refractivity contribution in [1.29, 1.82) is 0 Å². The van der Waals surface area contributed by atoms with Gasteiger partial charge in [0.1, 0.15) is 12.2 Å². The summed E-state index contributed by atoms with van der Waals surface area (Å²) in [5.41, 5.74) is 0.937. The van der Waals surface area contributed by atoms with Crippen LogP contribution in [-0.4, -0.2) is 22.7 Å². The maximum absolute atomic E-state index is 10.7. The van der Waals surface area contributed by atoms with Crippen LogP contribution in [0.25, 0.3) is 0 Å². The topological polar surface area (TPSA) is 59.4 Å². The predicted molar refractivity (Wildman–Crippen MR) is 51.5 cm³/mol. The molecule has 0 aliphatic heterocycles. The van der Waals surface area contributed by atoms with Gasteiger partial charge in [-0.25, -0.2) is 4.79 Å². The van der Waals surface area contributed by atoms with E-state index in [1.54, 1.807) is 6.92 Å². The van der Waals surface area contributed by atoms with Gasteiger partial charge >= 0.3 is 5.97 Å². The van der Waals surface area contributed by atoms with E-state index in [9.17, 15) is 4.79 Å². The van der Waals surface area contributed by atoms with Crippen molar-refractivity contribution in [2.75, 3.05) is 6.61 Å². The van der Waals surface area contributed by atoms with Crippen LogP contribution in [0.5, 0.6) is 5.75 Å². The van der Waals surface area contributed by atoms with Crippen molar-refractivity contribution in [1.82, 2.24) is 4.98 Å². The number of aromatic nitrogens is 1. The first-order valence-electron chi connectivity index (χ1n) is 4.05. The fourth-order valence-corrected chi connectivity index (χ4v) is 0.873. The van der Waals surface area contributed by atoms with Crippen LogP contribution in [0.3, 0.4) is 0 Å². The Morgan fingerprint density at radius 1 is 1.71 bits per heavy atom. The minimum atomic E-state index is -1.02. The van der Waals surface area contributed by atoms with Crippen molar-refractivity contribution in [3.8, 4) is 5.75 Å². The van der Waals surface area contributed by atoms with E-state index >= 15 is 0 Å². The normalized spacial score (nSPS) is 9.50. The van der Waals surface area contributed by atoms with Gasteiger partial charge < -0.3 is 9.84 Å². The number of ether oxygens (including phenoxy) is 1. The molecule has 1 heterocycles. The standard InChI is InChI=1S/C10H11NO3/c1-7(2)6-14-9-5-11-4-3-8(9)10(12)13/h3-5H,1,6H2,2H3,(H,12,13). The van der Waals surface area contributed by atoms with E-state index in [1.807, 2.05) is 0 Å². The van der Waals surface area contributed by atoms with Crippen molar-refractivity contribution in [2.24, 2.45) is 0 Å². The van der Waals surface area contributed by atoms with Crippen molar-refractivity contribution >= 4 is 5.97 Å². The minimum Gasteiger partial charge on any atom is -0.487 e. The molecule has 0 radical (unpaired) electrons. The molecule has 0 saturated carbocycles. The molecule has 0 saturated heterocycles. The second kappa shape index (κ2) is 4.41. The van der Waals surface area contributed by atoms with Gasteiger partial charge in [0.05, 0.1) is 6.20 Å². The highest BCUT2D eigenvalue weighted by molar-refractivity contribution is 5.90. The molecule has 0 atom stereocenters. The second-order valence-electron chi connectivity index (χ2n) is 2.92. The third-order valence-corrected chi connectivity index (χ3v) is 1.49. The number of hydrogen-bond donors (Lipinski definition) is 1. The molecule has 0 aliphatic carbocycles. The Balaban J connectivity index is 2.84. The number of pyridine rings is 1. The van der Waals surface area contributed by atoms with Crippen LogP contribution in [0.2, 0.25) is 0 Å². The Bertz CT molecular complexity index is 360. The Morgan fingerprint density at radius 2 is 2.43 bits per heavy atom. The van der Waals surface area contributed by atoms with Crippen LogP contribution in [0.1, 0.15) is 17.3 Å². The summed E-state index contributed by atoms with van der Waals surface area (Å²) in [4.78, 5) is 14.5. The lowest BCUT2D eigenvalue weighted by Gasteiger charge is -2.07. The zero-order chi connectivity index (χ0) is 10.6. The highest BCUT2D eigenvalue weighted by atomic mass is 16.5. The van der Waals surface area contributed by atoms with Crippen LogP contribution in [0.4, 0.5) is 0 Å². The molecule has 4 heteroatoms. The summed E-state index contributed by atoms with van der Waals surface area (Å²) in [5.74, 6) is -0.757. The van der Waals surface area contributed by atoms with Crippen molar-refractivity contribution in [3.05, 3.63) is 36.2 Å². The van der Waals surface area contributed by atoms with E-state index in [-0.39, 0.29) is 11.3 Å². The molecule has 4 nitrogen and oxygen atoms in total. The fraction of sp³-hybridized carbons (Fsp3) is 0.200. The number of hydrogen-bond acceptors (Lipinski definition) is 3. The Hall–Kier alpha value is -1.84. The van der Waals surface area contributed by atoms with Gasteiger partial charge in [-0.05, 0) is 18.6 Å². The van der Waals surface area contributed by atoms with E-state index in [2.05, 4.69) is 11.6 Å². The van der Waals surface area contributed by atoms with Crippen molar-refractivity contribution in [3.63, 3.8) is 0 Å². The van der Waals surface area contributed by atoms with Crippen molar-refractivity contribution < 1.29 is 14.6 Å². The lowest BCUT2D eigenvalue weighted by Crippen LogP contribution is -2.05. The van der Waals surface area contributed by atoms with Gasteiger partial charge in [-0.3, -0.25) is 4.98 Å². The first kappa shape index (κ1) is 10.2. The smallest absolute Gasteiger partial charge is 0.339 e. The molecular weight excluding hydrogens is 182 g/mol. The number of carbonyl (C=O) groups is 1. The van der Waals surface area contributed by atoms with Gasteiger partial charge in [0, 0.05) is 6.20 Å². The summed E-state index contributed by atoms with van der Waals surface area (Å²) in [6.07, 6.45) is 2.80. The monoisotopic (exact) mass is 193 g/mol. The Kier molecular flexibility index (Phi) is 3.23. The maximum atomic E-state index is 10.7. The quantitative estimate of drug-likeness (QED) is 0.740. The predicted octanol–water partition coefficient (Wildman–Crippen LogP) is 1.73. The lowest BCUT2D eigenvalue weighted by molar-refractivity contribution is 0.0692. The third kappa shape index (κ3) is 2.58. The van der Waals surface area contributed by atoms with E-state index in [0.29, 0.717) is 6.61 Å². The molecule has 1 N–H and O–H groups in total. The summed E-state index contributed by atoms with van der Waals surface area (Å²) in [6.45, 7) is 5.75. The lowest BCUT2D eigenvalue weighted by atomic mass is 10.2. The number of aromatic carboxylic acids is 1. The summed E-state index contributed by atoms with van der Waals surface area (Å²) in [6, 6.07) is 1.40. The molecule has 0 aliphatic rings. The molecule has 74 valence electrons. The summed E-state index contributed by atoms with van der Waals surface area (Å²) in [5, 5.41) is 8.80. The molecule has 0 aromatic carbocycles. The Morgan fingerprint density at radius 3 is 3.00 bits per heavy atom. The molecule has 1 aromatic heterocycles. The van der Waals surface area contributed by atoms with Gasteiger partial charge in [-0.1, -0.05) is 6.58 Å². The summed E-state index contributed by atoms with van der Waals surface area (Å²) < 4.78 is 5.22. The van der Waals surface area contributed by atoms with Crippen molar-refractivity contribution in [2.45, 2.75) is 6.92 Å². The Labute approximate surface area is 81.9 Å². The average molecular weight is 193 g/mol. The van der Waals surface area contributed by atoms with E-state index in [1.165, 1.54) is 18.5 Å². The SMILES string of the molecule is C=C(C)COc1cnccc1C(=O)O. The molecule has 1 aromatic rings. The molecule has 0 unspecified atom stereocenters. The molecule has 0 spiro atoms. The van der Waals surface area contributed by atoms with Gasteiger partial charge in [-0.15, -0.1) is 0 Å². The van der Waals surface area contributed by atoms with Crippen LogP contribution < -0.4 is 4.74 Å².